The fourth-order valence-electron chi connectivity index (χ4n) is 7.18. The van der Waals surface area contributed by atoms with Gasteiger partial charge in [-0.1, -0.05) is 0 Å². The summed E-state index contributed by atoms with van der Waals surface area (Å²) in [5, 5.41) is 20.8. The van der Waals surface area contributed by atoms with Crippen molar-refractivity contribution >= 4 is 24.0 Å². The molecule has 0 radical (unpaired) electrons. The highest BCUT2D eigenvalue weighted by molar-refractivity contribution is 5.99. The Hall–Kier alpha value is -2.59. The van der Waals surface area contributed by atoms with Gasteiger partial charge in [0.05, 0.1) is 32.1 Å². The molecule has 1 aromatic heterocycles. The van der Waals surface area contributed by atoms with Crippen molar-refractivity contribution in [1.29, 1.82) is 0 Å². The van der Waals surface area contributed by atoms with Gasteiger partial charge in [0.2, 0.25) is 0 Å². The zero-order chi connectivity index (χ0) is 25.5. The average molecular weight is 502 g/mol. The number of nitrogens with zero attached hydrogens (tertiary/aromatic N) is 3. The van der Waals surface area contributed by atoms with Crippen LogP contribution in [0.25, 0.3) is 6.20 Å². The maximum absolute atomic E-state index is 13.7. The number of methoxy groups -OCH3 is 1. The molecule has 2 amide bonds. The normalized spacial score (nSPS) is 31.6. The Labute approximate surface area is 212 Å². The van der Waals surface area contributed by atoms with Crippen LogP contribution in [0.2, 0.25) is 0 Å². The van der Waals surface area contributed by atoms with Crippen LogP contribution in [0.15, 0.2) is 12.3 Å². The summed E-state index contributed by atoms with van der Waals surface area (Å²) >= 11 is 0. The molecule has 198 valence electrons. The summed E-state index contributed by atoms with van der Waals surface area (Å²) in [7, 11) is 1.33. The molecule has 10 nitrogen and oxygen atoms in total. The molecule has 0 spiro atoms. The first kappa shape index (κ1) is 25.1. The van der Waals surface area contributed by atoms with Crippen molar-refractivity contribution in [2.75, 3.05) is 44.9 Å². The number of nitrogens with one attached hydrogen (secondary N) is 2. The van der Waals surface area contributed by atoms with Gasteiger partial charge in [-0.15, -0.1) is 0 Å². The van der Waals surface area contributed by atoms with E-state index in [-0.39, 0.29) is 24.0 Å². The van der Waals surface area contributed by atoms with Crippen molar-refractivity contribution < 1.29 is 24.2 Å². The quantitative estimate of drug-likeness (QED) is 0.524. The molecule has 2 atom stereocenters. The Bertz CT molecular complexity index is 998. The summed E-state index contributed by atoms with van der Waals surface area (Å²) in [5.74, 6) is 2.18. The second kappa shape index (κ2) is 9.70. The Morgan fingerprint density at radius 2 is 1.94 bits per heavy atom. The Balaban J connectivity index is 1.37. The van der Waals surface area contributed by atoms with Crippen LogP contribution in [-0.2, 0) is 9.47 Å². The smallest absolute Gasteiger partial charge is 0.407 e. The third kappa shape index (κ3) is 4.85. The van der Waals surface area contributed by atoms with E-state index in [1.807, 2.05) is 19.9 Å². The molecule has 5 fully saturated rings. The highest BCUT2D eigenvalue weighted by Gasteiger charge is 2.55. The second-order valence-corrected chi connectivity index (χ2v) is 11.7. The lowest BCUT2D eigenvalue weighted by Gasteiger charge is -2.59. The number of carbonyl (C=O) groups is 2. The summed E-state index contributed by atoms with van der Waals surface area (Å²) in [6.07, 6.45) is 10.2. The topological polar surface area (TPSA) is 118 Å². The molecule has 5 aliphatic rings. The molecule has 1 aliphatic heterocycles. The summed E-state index contributed by atoms with van der Waals surface area (Å²) < 4.78 is 12.0. The lowest BCUT2D eigenvalue weighted by Crippen LogP contribution is -2.60. The minimum Gasteiger partial charge on any atom is -0.453 e. The first-order chi connectivity index (χ1) is 17.2. The molecular weight excluding hydrogens is 462 g/mol. The summed E-state index contributed by atoms with van der Waals surface area (Å²) in [6.45, 7) is 6.48. The molecule has 1 saturated heterocycles. The molecule has 4 bridgehead atoms. The zero-order valence-electron chi connectivity index (χ0n) is 21.5. The minimum atomic E-state index is -0.674. The van der Waals surface area contributed by atoms with Crippen molar-refractivity contribution in [2.24, 2.45) is 23.2 Å². The number of rotatable bonds is 7. The molecular formula is C26H39N5O5. The van der Waals surface area contributed by atoms with Crippen LogP contribution >= 0.6 is 0 Å². The van der Waals surface area contributed by atoms with E-state index in [4.69, 9.17) is 9.47 Å². The number of hydrogen-bond donors (Lipinski definition) is 3. The van der Waals surface area contributed by atoms with Crippen LogP contribution in [0.4, 0.5) is 10.6 Å². The maximum atomic E-state index is 13.7. The van der Waals surface area contributed by atoms with Crippen LogP contribution in [-0.4, -0.2) is 78.5 Å². The highest BCUT2D eigenvalue weighted by atomic mass is 16.5. The second-order valence-electron chi connectivity index (χ2n) is 11.7. The number of ether oxygens (including phenoxy) is 2. The third-order valence-electron chi connectivity index (χ3n) is 8.60. The Morgan fingerprint density at radius 3 is 2.58 bits per heavy atom. The number of aliphatic hydroxyl groups is 1. The van der Waals surface area contributed by atoms with Crippen LogP contribution in [0, 0.1) is 23.2 Å². The van der Waals surface area contributed by atoms with E-state index in [1.54, 1.807) is 17.1 Å². The van der Waals surface area contributed by atoms with Gasteiger partial charge in [-0.3, -0.25) is 4.79 Å². The average Bonchev–Trinajstić information content (AvgIpc) is 3.29. The van der Waals surface area contributed by atoms with E-state index in [1.165, 1.54) is 7.11 Å². The molecule has 1 aromatic rings. The van der Waals surface area contributed by atoms with Crippen molar-refractivity contribution in [1.82, 2.24) is 20.4 Å². The molecule has 6 rings (SSSR count). The van der Waals surface area contributed by atoms with Crippen molar-refractivity contribution in [3.63, 3.8) is 0 Å². The van der Waals surface area contributed by atoms with Crippen LogP contribution in [0.3, 0.4) is 0 Å². The number of morpholine rings is 1. The number of aromatic nitrogens is 2. The molecule has 36 heavy (non-hydrogen) atoms. The standard InChI is InChI=1S/C26H39N5O5/c1-25(2,29-24(34)35-3)4-5-31-23(30-6-8-36-9-7-30)20(15-27-31)22(33)28-21-18-10-17-11-19(21)14-26(12-17,13-18)16-32/h4-5,15,17-19,21,32H,6-14,16H2,1-3H3,(H,28,33)(H,29,34). The molecule has 3 N–H and O–H groups in total. The van der Waals surface area contributed by atoms with Gasteiger partial charge in [0.1, 0.15) is 11.4 Å². The highest BCUT2D eigenvalue weighted by Crippen LogP contribution is 2.59. The Morgan fingerprint density at radius 1 is 1.25 bits per heavy atom. The predicted molar refractivity (Wildman–Crippen MR) is 135 cm³/mol. The van der Waals surface area contributed by atoms with Crippen LogP contribution in [0.5, 0.6) is 0 Å². The van der Waals surface area contributed by atoms with E-state index in [0.717, 1.165) is 37.9 Å². The largest absolute Gasteiger partial charge is 0.453 e. The van der Waals surface area contributed by atoms with Crippen molar-refractivity contribution in [3.05, 3.63) is 17.8 Å². The molecule has 2 unspecified atom stereocenters. The fraction of sp³-hybridized carbons (Fsp3) is 0.731. The van der Waals surface area contributed by atoms with E-state index >= 15 is 0 Å². The van der Waals surface area contributed by atoms with E-state index in [2.05, 4.69) is 20.6 Å². The van der Waals surface area contributed by atoms with Gasteiger partial charge in [-0.05, 0) is 75.2 Å². The monoisotopic (exact) mass is 501 g/mol. The zero-order valence-corrected chi connectivity index (χ0v) is 21.5. The van der Waals surface area contributed by atoms with Gasteiger partial charge in [0.25, 0.3) is 5.91 Å². The summed E-state index contributed by atoms with van der Waals surface area (Å²) in [6, 6.07) is 0.147. The van der Waals surface area contributed by atoms with Gasteiger partial charge in [-0.2, -0.15) is 5.10 Å². The van der Waals surface area contributed by atoms with Gasteiger partial charge < -0.3 is 30.1 Å². The van der Waals surface area contributed by atoms with Gasteiger partial charge in [0, 0.05) is 31.9 Å². The van der Waals surface area contributed by atoms with E-state index in [9.17, 15) is 14.7 Å². The van der Waals surface area contributed by atoms with Crippen molar-refractivity contribution in [2.45, 2.75) is 57.5 Å². The molecule has 2 heterocycles. The minimum absolute atomic E-state index is 0.0669. The number of hydrogen-bond acceptors (Lipinski definition) is 7. The van der Waals surface area contributed by atoms with Gasteiger partial charge >= 0.3 is 6.09 Å². The first-order valence-corrected chi connectivity index (χ1v) is 13.1. The SMILES string of the molecule is COC(=O)NC(C)(C)C=Cn1ncc(C(=O)NC2C3CC4CC2CC(CO)(C4)C3)c1N1CCOCC1. The predicted octanol–water partition coefficient (Wildman–Crippen LogP) is 2.24. The lowest BCUT2D eigenvalue weighted by atomic mass is 9.48. The first-order valence-electron chi connectivity index (χ1n) is 13.1. The lowest BCUT2D eigenvalue weighted by molar-refractivity contribution is -0.0969. The molecule has 4 aliphatic carbocycles. The number of aliphatic hydroxyl groups excluding tert-OH is 1. The van der Waals surface area contributed by atoms with E-state index < -0.39 is 11.6 Å². The summed E-state index contributed by atoms with van der Waals surface area (Å²) in [4.78, 5) is 27.5. The van der Waals surface area contributed by atoms with Crippen molar-refractivity contribution in [3.8, 4) is 0 Å². The van der Waals surface area contributed by atoms with Gasteiger partial charge in [-0.25, -0.2) is 9.48 Å². The fourth-order valence-corrected chi connectivity index (χ4v) is 7.18. The van der Waals surface area contributed by atoms with E-state index in [0.29, 0.717) is 49.6 Å². The third-order valence-corrected chi connectivity index (χ3v) is 8.60. The van der Waals surface area contributed by atoms with Crippen LogP contribution in [0.1, 0.15) is 56.3 Å². The molecule has 10 heteroatoms. The Kier molecular flexibility index (Phi) is 6.76. The van der Waals surface area contributed by atoms with Crippen LogP contribution < -0.4 is 15.5 Å². The number of carbonyl (C=O) groups excluding carboxylic acids is 2. The number of alkyl carbamates (subject to hydrolysis) is 1. The summed E-state index contributed by atoms with van der Waals surface area (Å²) in [5.41, 5.74) is -0.0598. The molecule has 4 saturated carbocycles. The molecule has 0 aromatic carbocycles. The van der Waals surface area contributed by atoms with Gasteiger partial charge in [0.15, 0.2) is 0 Å². The number of anilines is 1. The number of amides is 2. The maximum Gasteiger partial charge on any atom is 0.407 e.